The van der Waals surface area contributed by atoms with Crippen LogP contribution in [0.5, 0.6) is 0 Å². The van der Waals surface area contributed by atoms with Crippen LogP contribution in [0.3, 0.4) is 0 Å². The Kier molecular flexibility index (Phi) is 5.65. The molecule has 2 heterocycles. The second kappa shape index (κ2) is 7.59. The first-order valence-corrected chi connectivity index (χ1v) is 10.4. The SMILES string of the molecule is CS(=O)(=O)NCC(=O)N[C@H]1C[C@H]2CO[C@@H](c3ccc(Cl)cc3)CN2C1. The highest BCUT2D eigenvalue weighted by atomic mass is 35.5. The lowest BCUT2D eigenvalue weighted by Crippen LogP contribution is -2.44. The Morgan fingerprint density at radius 3 is 2.72 bits per heavy atom. The van der Waals surface area contributed by atoms with Gasteiger partial charge in [-0.05, 0) is 24.1 Å². The van der Waals surface area contributed by atoms with Gasteiger partial charge < -0.3 is 10.1 Å². The number of ether oxygens (including phenoxy) is 1. The molecule has 1 aromatic rings. The van der Waals surface area contributed by atoms with Gasteiger partial charge in [-0.25, -0.2) is 13.1 Å². The maximum absolute atomic E-state index is 11.9. The summed E-state index contributed by atoms with van der Waals surface area (Å²) in [5.41, 5.74) is 1.09. The third-order valence-corrected chi connectivity index (χ3v) is 5.44. The second-order valence-electron chi connectivity index (χ2n) is 6.57. The van der Waals surface area contributed by atoms with Crippen LogP contribution in [-0.4, -0.2) is 63.8 Å². The van der Waals surface area contributed by atoms with Crippen molar-refractivity contribution in [3.8, 4) is 0 Å². The summed E-state index contributed by atoms with van der Waals surface area (Å²) in [7, 11) is -3.37. The van der Waals surface area contributed by atoms with E-state index in [2.05, 4.69) is 14.9 Å². The highest BCUT2D eigenvalue weighted by molar-refractivity contribution is 7.88. The molecule has 0 aliphatic carbocycles. The molecule has 7 nitrogen and oxygen atoms in total. The van der Waals surface area contributed by atoms with Crippen molar-refractivity contribution >= 4 is 27.5 Å². The van der Waals surface area contributed by atoms with Crippen LogP contribution in [0.25, 0.3) is 0 Å². The summed E-state index contributed by atoms with van der Waals surface area (Å²) in [5.74, 6) is -0.314. The fourth-order valence-electron chi connectivity index (χ4n) is 3.33. The van der Waals surface area contributed by atoms with Crippen molar-refractivity contribution in [1.29, 1.82) is 0 Å². The van der Waals surface area contributed by atoms with Crippen LogP contribution < -0.4 is 10.0 Å². The zero-order chi connectivity index (χ0) is 18.0. The second-order valence-corrected chi connectivity index (χ2v) is 8.84. The van der Waals surface area contributed by atoms with E-state index in [1.54, 1.807) is 0 Å². The number of halogens is 1. The van der Waals surface area contributed by atoms with E-state index in [0.717, 1.165) is 31.3 Å². The normalized spacial score (nSPS) is 27.0. The number of fused-ring (bicyclic) bond motifs is 1. The van der Waals surface area contributed by atoms with E-state index in [0.29, 0.717) is 11.6 Å². The molecular weight excluding hydrogens is 366 g/mol. The number of amides is 1. The third kappa shape index (κ3) is 5.15. The predicted molar refractivity (Wildman–Crippen MR) is 94.9 cm³/mol. The molecule has 0 spiro atoms. The van der Waals surface area contributed by atoms with Crippen molar-refractivity contribution in [1.82, 2.24) is 14.9 Å². The van der Waals surface area contributed by atoms with Gasteiger partial charge in [0.1, 0.15) is 0 Å². The summed E-state index contributed by atoms with van der Waals surface area (Å²) in [4.78, 5) is 14.2. The van der Waals surface area contributed by atoms with Crippen molar-refractivity contribution in [2.45, 2.75) is 24.6 Å². The fourth-order valence-corrected chi connectivity index (χ4v) is 3.85. The van der Waals surface area contributed by atoms with E-state index in [1.165, 1.54) is 0 Å². The zero-order valence-corrected chi connectivity index (χ0v) is 15.5. The average molecular weight is 388 g/mol. The fraction of sp³-hybridized carbons (Fsp3) is 0.562. The van der Waals surface area contributed by atoms with E-state index in [-0.39, 0.29) is 30.6 Å². The molecule has 138 valence electrons. The van der Waals surface area contributed by atoms with Crippen molar-refractivity contribution in [3.05, 3.63) is 34.9 Å². The molecule has 1 aromatic carbocycles. The molecule has 2 aliphatic rings. The van der Waals surface area contributed by atoms with Gasteiger partial charge in [0.15, 0.2) is 0 Å². The average Bonchev–Trinajstić information content (AvgIpc) is 2.94. The summed E-state index contributed by atoms with van der Waals surface area (Å²) >= 11 is 5.93. The summed E-state index contributed by atoms with van der Waals surface area (Å²) in [6.07, 6.45) is 1.83. The van der Waals surface area contributed by atoms with Crippen LogP contribution >= 0.6 is 11.6 Å². The molecule has 2 fully saturated rings. The summed E-state index contributed by atoms with van der Waals surface area (Å²) in [6, 6.07) is 7.93. The smallest absolute Gasteiger partial charge is 0.235 e. The highest BCUT2D eigenvalue weighted by Gasteiger charge is 2.38. The van der Waals surface area contributed by atoms with Crippen LogP contribution in [0.15, 0.2) is 24.3 Å². The molecule has 0 aromatic heterocycles. The Labute approximate surface area is 152 Å². The molecule has 2 saturated heterocycles. The molecule has 25 heavy (non-hydrogen) atoms. The largest absolute Gasteiger partial charge is 0.371 e. The standard InChI is InChI=1S/C16H22ClN3O4S/c1-25(22,23)18-7-16(21)19-13-6-14-10-24-15(9-20(14)8-13)11-2-4-12(17)5-3-11/h2-5,13-15,18H,6-10H2,1H3,(H,19,21)/t13-,14-,15+/m0/s1. The van der Waals surface area contributed by atoms with Gasteiger partial charge in [0, 0.05) is 30.2 Å². The first kappa shape index (κ1) is 18.6. The third-order valence-electron chi connectivity index (χ3n) is 4.52. The van der Waals surface area contributed by atoms with Gasteiger partial charge in [0.05, 0.1) is 25.5 Å². The zero-order valence-electron chi connectivity index (χ0n) is 13.9. The molecule has 0 unspecified atom stereocenters. The van der Waals surface area contributed by atoms with Crippen LogP contribution in [0.1, 0.15) is 18.1 Å². The molecule has 1 amide bonds. The minimum Gasteiger partial charge on any atom is -0.371 e. The Balaban J connectivity index is 1.52. The topological polar surface area (TPSA) is 87.7 Å². The van der Waals surface area contributed by atoms with Crippen molar-refractivity contribution in [2.24, 2.45) is 0 Å². The Morgan fingerprint density at radius 1 is 1.32 bits per heavy atom. The maximum Gasteiger partial charge on any atom is 0.235 e. The van der Waals surface area contributed by atoms with Gasteiger partial charge >= 0.3 is 0 Å². The van der Waals surface area contributed by atoms with Crippen LogP contribution in [0.2, 0.25) is 5.02 Å². The molecule has 3 rings (SSSR count). The highest BCUT2D eigenvalue weighted by Crippen LogP contribution is 2.30. The van der Waals surface area contributed by atoms with Crippen LogP contribution in [0.4, 0.5) is 0 Å². The molecule has 2 N–H and O–H groups in total. The molecular formula is C16H22ClN3O4S. The van der Waals surface area contributed by atoms with E-state index in [4.69, 9.17) is 16.3 Å². The van der Waals surface area contributed by atoms with Gasteiger partial charge in [0.25, 0.3) is 0 Å². The number of hydrogen-bond acceptors (Lipinski definition) is 5. The van der Waals surface area contributed by atoms with E-state index in [9.17, 15) is 13.2 Å². The first-order chi connectivity index (χ1) is 11.8. The number of hydrogen-bond donors (Lipinski definition) is 2. The summed E-state index contributed by atoms with van der Waals surface area (Å²) < 4.78 is 30.3. The lowest BCUT2D eigenvalue weighted by atomic mass is 10.1. The van der Waals surface area contributed by atoms with E-state index >= 15 is 0 Å². The van der Waals surface area contributed by atoms with Crippen LogP contribution in [0, 0.1) is 0 Å². The molecule has 0 saturated carbocycles. The number of rotatable bonds is 5. The number of nitrogens with zero attached hydrogens (tertiary/aromatic N) is 1. The Hall–Kier alpha value is -1.19. The number of benzene rings is 1. The number of carbonyl (C=O) groups excluding carboxylic acids is 1. The molecule has 9 heteroatoms. The predicted octanol–water partition coefficient (Wildman–Crippen LogP) is 0.520. The van der Waals surface area contributed by atoms with Gasteiger partial charge in [-0.15, -0.1) is 0 Å². The minimum absolute atomic E-state index is 0.00475. The van der Waals surface area contributed by atoms with Gasteiger partial charge in [-0.1, -0.05) is 23.7 Å². The molecule has 0 bridgehead atoms. The van der Waals surface area contributed by atoms with Gasteiger partial charge in [-0.3, -0.25) is 9.69 Å². The minimum atomic E-state index is -3.37. The maximum atomic E-state index is 11.9. The summed E-state index contributed by atoms with van der Waals surface area (Å²) in [6.45, 7) is 1.88. The van der Waals surface area contributed by atoms with E-state index < -0.39 is 10.0 Å². The number of morpholine rings is 1. The van der Waals surface area contributed by atoms with E-state index in [1.807, 2.05) is 24.3 Å². The monoisotopic (exact) mass is 387 g/mol. The molecule has 2 aliphatic heterocycles. The lowest BCUT2D eigenvalue weighted by Gasteiger charge is -2.35. The van der Waals surface area contributed by atoms with Gasteiger partial charge in [-0.2, -0.15) is 0 Å². The Morgan fingerprint density at radius 2 is 2.04 bits per heavy atom. The Bertz CT molecular complexity index is 725. The van der Waals surface area contributed by atoms with Crippen LogP contribution in [-0.2, 0) is 19.6 Å². The van der Waals surface area contributed by atoms with Gasteiger partial charge in [0.2, 0.25) is 15.9 Å². The number of sulfonamides is 1. The number of carbonyl (C=O) groups is 1. The summed E-state index contributed by atoms with van der Waals surface area (Å²) in [5, 5.41) is 3.59. The molecule has 0 radical (unpaired) electrons. The number of nitrogens with one attached hydrogen (secondary N) is 2. The van der Waals surface area contributed by atoms with Crippen molar-refractivity contribution in [2.75, 3.05) is 32.5 Å². The van der Waals surface area contributed by atoms with Crippen molar-refractivity contribution in [3.63, 3.8) is 0 Å². The van der Waals surface area contributed by atoms with Crippen molar-refractivity contribution < 1.29 is 17.9 Å². The molecule has 3 atom stereocenters. The quantitative estimate of drug-likeness (QED) is 0.769. The lowest BCUT2D eigenvalue weighted by molar-refractivity contribution is -0.120. The first-order valence-electron chi connectivity index (χ1n) is 8.15.